The van der Waals surface area contributed by atoms with Gasteiger partial charge in [-0.2, -0.15) is 0 Å². The first-order valence-electron chi connectivity index (χ1n) is 8.41. The van der Waals surface area contributed by atoms with Gasteiger partial charge < -0.3 is 10.2 Å². The first kappa shape index (κ1) is 15.3. The molecular weight excluding hydrogens is 232 g/mol. The van der Waals surface area contributed by atoms with Crippen molar-refractivity contribution in [3.63, 3.8) is 0 Å². The molecule has 2 atom stereocenters. The molecule has 0 bridgehead atoms. The Labute approximate surface area is 120 Å². The van der Waals surface area contributed by atoms with Crippen LogP contribution < -0.4 is 5.32 Å². The maximum atomic E-state index is 3.72. The van der Waals surface area contributed by atoms with Crippen molar-refractivity contribution in [3.05, 3.63) is 0 Å². The average Bonchev–Trinajstić information content (AvgIpc) is 3.10. The summed E-state index contributed by atoms with van der Waals surface area (Å²) in [5.74, 6) is 1.93. The van der Waals surface area contributed by atoms with Crippen molar-refractivity contribution in [2.75, 3.05) is 26.7 Å². The van der Waals surface area contributed by atoms with Crippen molar-refractivity contribution in [1.29, 1.82) is 0 Å². The molecule has 0 saturated heterocycles. The van der Waals surface area contributed by atoms with Crippen molar-refractivity contribution in [2.24, 2.45) is 17.3 Å². The number of hydrogen-bond donors (Lipinski definition) is 1. The predicted molar refractivity (Wildman–Crippen MR) is 83.4 cm³/mol. The van der Waals surface area contributed by atoms with E-state index < -0.39 is 0 Å². The summed E-state index contributed by atoms with van der Waals surface area (Å²) in [6.07, 6.45) is 8.65. The average molecular weight is 266 g/mol. The fourth-order valence-corrected chi connectivity index (χ4v) is 3.93. The number of nitrogens with one attached hydrogen (secondary N) is 1. The third-order valence-electron chi connectivity index (χ3n) is 4.94. The molecule has 0 spiro atoms. The van der Waals surface area contributed by atoms with Gasteiger partial charge in [-0.3, -0.25) is 0 Å². The standard InChI is InChI=1S/C17H34N2/c1-14(2)18-12-17(9-5-6-15(3)10-17)13-19(4)11-16-7-8-16/h14-16,18H,5-13H2,1-4H3. The highest BCUT2D eigenvalue weighted by atomic mass is 15.1. The second kappa shape index (κ2) is 6.58. The summed E-state index contributed by atoms with van der Waals surface area (Å²) >= 11 is 0. The molecule has 0 aromatic carbocycles. The monoisotopic (exact) mass is 266 g/mol. The molecule has 2 nitrogen and oxygen atoms in total. The molecule has 2 rings (SSSR count). The quantitative estimate of drug-likeness (QED) is 0.758. The van der Waals surface area contributed by atoms with E-state index in [2.05, 4.69) is 38.0 Å². The van der Waals surface area contributed by atoms with Crippen LogP contribution >= 0.6 is 0 Å². The lowest BCUT2D eigenvalue weighted by atomic mass is 9.69. The molecule has 1 N–H and O–H groups in total. The summed E-state index contributed by atoms with van der Waals surface area (Å²) < 4.78 is 0. The first-order chi connectivity index (χ1) is 8.99. The van der Waals surface area contributed by atoms with Gasteiger partial charge in [-0.05, 0) is 50.0 Å². The molecule has 2 aliphatic carbocycles. The number of rotatable bonds is 7. The maximum absolute atomic E-state index is 3.72. The van der Waals surface area contributed by atoms with Crippen LogP contribution in [0.3, 0.4) is 0 Å². The lowest BCUT2D eigenvalue weighted by Crippen LogP contribution is -2.47. The molecule has 2 heteroatoms. The van der Waals surface area contributed by atoms with E-state index in [9.17, 15) is 0 Å². The van der Waals surface area contributed by atoms with E-state index in [1.54, 1.807) is 0 Å². The zero-order valence-corrected chi connectivity index (χ0v) is 13.5. The van der Waals surface area contributed by atoms with Gasteiger partial charge in [0.25, 0.3) is 0 Å². The van der Waals surface area contributed by atoms with Gasteiger partial charge in [-0.25, -0.2) is 0 Å². The van der Waals surface area contributed by atoms with E-state index in [0.717, 1.165) is 11.8 Å². The highest BCUT2D eigenvalue weighted by molar-refractivity contribution is 4.90. The summed E-state index contributed by atoms with van der Waals surface area (Å²) in [6.45, 7) is 10.8. The third kappa shape index (κ3) is 5.07. The van der Waals surface area contributed by atoms with Crippen LogP contribution in [-0.4, -0.2) is 37.6 Å². The molecule has 0 aliphatic heterocycles. The second-order valence-corrected chi connectivity index (χ2v) is 7.88. The zero-order chi connectivity index (χ0) is 13.9. The summed E-state index contributed by atoms with van der Waals surface area (Å²) in [4.78, 5) is 2.62. The Balaban J connectivity index is 1.91. The van der Waals surface area contributed by atoms with Crippen molar-refractivity contribution < 1.29 is 0 Å². The molecule has 0 heterocycles. The summed E-state index contributed by atoms with van der Waals surface area (Å²) in [5, 5.41) is 3.72. The summed E-state index contributed by atoms with van der Waals surface area (Å²) in [6, 6.07) is 0.614. The van der Waals surface area contributed by atoms with Gasteiger partial charge in [0.1, 0.15) is 0 Å². The fourth-order valence-electron chi connectivity index (χ4n) is 3.93. The Bertz CT molecular complexity index is 272. The fraction of sp³-hybridized carbons (Fsp3) is 1.00. The lowest BCUT2D eigenvalue weighted by molar-refractivity contribution is 0.0878. The Kier molecular flexibility index (Phi) is 5.30. The first-order valence-corrected chi connectivity index (χ1v) is 8.41. The topological polar surface area (TPSA) is 15.3 Å². The zero-order valence-electron chi connectivity index (χ0n) is 13.5. The van der Waals surface area contributed by atoms with Gasteiger partial charge in [0.15, 0.2) is 0 Å². The molecule has 2 saturated carbocycles. The van der Waals surface area contributed by atoms with Crippen LogP contribution in [0.25, 0.3) is 0 Å². The van der Waals surface area contributed by atoms with Crippen molar-refractivity contribution in [1.82, 2.24) is 10.2 Å². The molecular formula is C17H34N2. The maximum Gasteiger partial charge on any atom is 0.00473 e. The van der Waals surface area contributed by atoms with Crippen LogP contribution in [-0.2, 0) is 0 Å². The van der Waals surface area contributed by atoms with Gasteiger partial charge in [0.2, 0.25) is 0 Å². The van der Waals surface area contributed by atoms with Crippen LogP contribution in [0.15, 0.2) is 0 Å². The van der Waals surface area contributed by atoms with Gasteiger partial charge in [-0.1, -0.05) is 33.6 Å². The van der Waals surface area contributed by atoms with Crippen LogP contribution in [0.2, 0.25) is 0 Å². The molecule has 0 amide bonds. The summed E-state index contributed by atoms with van der Waals surface area (Å²) in [7, 11) is 2.34. The Morgan fingerprint density at radius 2 is 2.00 bits per heavy atom. The van der Waals surface area contributed by atoms with Crippen molar-refractivity contribution >= 4 is 0 Å². The van der Waals surface area contributed by atoms with E-state index in [1.165, 1.54) is 58.2 Å². The molecule has 0 radical (unpaired) electrons. The summed E-state index contributed by atoms with van der Waals surface area (Å²) in [5.41, 5.74) is 0.533. The largest absolute Gasteiger partial charge is 0.314 e. The normalized spacial score (nSPS) is 32.2. The van der Waals surface area contributed by atoms with E-state index in [1.807, 2.05) is 0 Å². The molecule has 0 aromatic heterocycles. The lowest BCUT2D eigenvalue weighted by Gasteiger charge is -2.43. The molecule has 2 unspecified atom stereocenters. The van der Waals surface area contributed by atoms with Gasteiger partial charge in [-0.15, -0.1) is 0 Å². The van der Waals surface area contributed by atoms with Crippen molar-refractivity contribution in [2.45, 2.75) is 65.3 Å². The highest BCUT2D eigenvalue weighted by Crippen LogP contribution is 2.40. The van der Waals surface area contributed by atoms with Crippen LogP contribution in [0.5, 0.6) is 0 Å². The molecule has 0 aromatic rings. The van der Waals surface area contributed by atoms with Crippen LogP contribution in [0.4, 0.5) is 0 Å². The smallest absolute Gasteiger partial charge is 0.00473 e. The predicted octanol–water partition coefficient (Wildman–Crippen LogP) is 3.52. The minimum Gasteiger partial charge on any atom is -0.314 e. The second-order valence-electron chi connectivity index (χ2n) is 7.88. The van der Waals surface area contributed by atoms with E-state index in [0.29, 0.717) is 11.5 Å². The van der Waals surface area contributed by atoms with Crippen LogP contribution in [0.1, 0.15) is 59.3 Å². The van der Waals surface area contributed by atoms with Gasteiger partial charge >= 0.3 is 0 Å². The minimum atomic E-state index is 0.533. The molecule has 2 fully saturated rings. The highest BCUT2D eigenvalue weighted by Gasteiger charge is 2.36. The third-order valence-corrected chi connectivity index (χ3v) is 4.94. The Morgan fingerprint density at radius 1 is 1.26 bits per heavy atom. The van der Waals surface area contributed by atoms with Gasteiger partial charge in [0, 0.05) is 25.7 Å². The minimum absolute atomic E-state index is 0.533. The van der Waals surface area contributed by atoms with Gasteiger partial charge in [0.05, 0.1) is 0 Å². The molecule has 2 aliphatic rings. The number of nitrogens with zero attached hydrogens (tertiary/aromatic N) is 1. The Morgan fingerprint density at radius 3 is 2.58 bits per heavy atom. The van der Waals surface area contributed by atoms with E-state index >= 15 is 0 Å². The van der Waals surface area contributed by atoms with E-state index in [4.69, 9.17) is 0 Å². The molecule has 112 valence electrons. The number of hydrogen-bond acceptors (Lipinski definition) is 2. The van der Waals surface area contributed by atoms with E-state index in [-0.39, 0.29) is 0 Å². The molecule has 19 heavy (non-hydrogen) atoms. The van der Waals surface area contributed by atoms with Crippen LogP contribution in [0, 0.1) is 17.3 Å². The Hall–Kier alpha value is -0.0800. The van der Waals surface area contributed by atoms with Crippen molar-refractivity contribution in [3.8, 4) is 0 Å². The SMILES string of the molecule is CC1CCCC(CNC(C)C)(CN(C)CC2CC2)C1.